The average molecular weight is 562 g/mol. The molecule has 0 spiro atoms. The number of rotatable bonds is 12. The zero-order valence-electron chi connectivity index (χ0n) is 19.7. The fourth-order valence-electron chi connectivity index (χ4n) is 4.10. The first-order valence-electron chi connectivity index (χ1n) is 11.3. The zero-order chi connectivity index (χ0) is 29.1. The van der Waals surface area contributed by atoms with Gasteiger partial charge in [0.25, 0.3) is 0 Å². The van der Waals surface area contributed by atoms with Crippen LogP contribution in [-0.4, -0.2) is 67.8 Å². The number of hydrogen-bond acceptors (Lipinski definition) is 6. The molecule has 38 heavy (non-hydrogen) atoms. The van der Waals surface area contributed by atoms with E-state index in [1.54, 1.807) is 0 Å². The van der Waals surface area contributed by atoms with Crippen LogP contribution in [0.3, 0.4) is 0 Å². The van der Waals surface area contributed by atoms with Crippen molar-refractivity contribution in [2.75, 3.05) is 6.61 Å². The van der Waals surface area contributed by atoms with Crippen molar-refractivity contribution in [2.24, 2.45) is 11.8 Å². The molecule has 0 fully saturated rings. The molecular formula is C24H26F8O6. The lowest BCUT2D eigenvalue weighted by Gasteiger charge is -2.35. The Hall–Kier alpha value is -2.36. The third kappa shape index (κ3) is 6.79. The highest BCUT2D eigenvalue weighted by molar-refractivity contribution is 5.24. The predicted octanol–water partition coefficient (Wildman–Crippen LogP) is 2.02. The largest absolute Gasteiger partial charge is 0.394 e. The van der Waals surface area contributed by atoms with Gasteiger partial charge in [-0.15, -0.1) is 0 Å². The van der Waals surface area contributed by atoms with Gasteiger partial charge in [0.05, 0.1) is 12.7 Å². The summed E-state index contributed by atoms with van der Waals surface area (Å²) in [4.78, 5) is 0. The van der Waals surface area contributed by atoms with Crippen LogP contribution in [0.1, 0.15) is 24.5 Å². The SMILES string of the molecule is CC(CCc1c(F)cc(F)c(F)c1F)C(Cc1c(F)cc(F)c(F)c1F)C(O)[C@@H](O)[C@@H](O)[C@H](O)[C@@H](O)CO. The second-order valence-electron chi connectivity index (χ2n) is 8.99. The van der Waals surface area contributed by atoms with E-state index in [0.29, 0.717) is 0 Å². The molecule has 14 heteroatoms. The van der Waals surface area contributed by atoms with Gasteiger partial charge in [-0.05, 0) is 31.1 Å². The minimum absolute atomic E-state index is 0.0144. The van der Waals surface area contributed by atoms with E-state index in [2.05, 4.69) is 0 Å². The molecule has 7 atom stereocenters. The number of halogens is 8. The quantitative estimate of drug-likeness (QED) is 0.134. The van der Waals surface area contributed by atoms with Crippen molar-refractivity contribution in [2.45, 2.75) is 56.7 Å². The molecule has 2 aromatic rings. The van der Waals surface area contributed by atoms with Crippen molar-refractivity contribution >= 4 is 0 Å². The van der Waals surface area contributed by atoms with Crippen molar-refractivity contribution in [3.63, 3.8) is 0 Å². The van der Waals surface area contributed by atoms with E-state index >= 15 is 0 Å². The molecule has 0 aromatic heterocycles. The van der Waals surface area contributed by atoms with E-state index in [1.807, 2.05) is 0 Å². The average Bonchev–Trinajstić information content (AvgIpc) is 2.88. The first kappa shape index (κ1) is 31.9. The van der Waals surface area contributed by atoms with Crippen LogP contribution in [-0.2, 0) is 12.8 Å². The fourth-order valence-corrected chi connectivity index (χ4v) is 4.10. The van der Waals surface area contributed by atoms with Crippen molar-refractivity contribution in [3.8, 4) is 0 Å². The molecule has 0 amide bonds. The summed E-state index contributed by atoms with van der Waals surface area (Å²) >= 11 is 0. The van der Waals surface area contributed by atoms with Crippen LogP contribution < -0.4 is 0 Å². The summed E-state index contributed by atoms with van der Waals surface area (Å²) in [5, 5.41) is 59.5. The molecule has 3 unspecified atom stereocenters. The molecule has 0 saturated heterocycles. The van der Waals surface area contributed by atoms with Gasteiger partial charge in [0, 0.05) is 23.3 Å². The number of aliphatic hydroxyl groups excluding tert-OH is 6. The molecule has 2 rings (SSSR count). The van der Waals surface area contributed by atoms with Crippen LogP contribution in [0.15, 0.2) is 12.1 Å². The van der Waals surface area contributed by atoms with E-state index < -0.39 is 126 Å². The molecular weight excluding hydrogens is 536 g/mol. The maximum absolute atomic E-state index is 14.4. The number of benzene rings is 2. The lowest BCUT2D eigenvalue weighted by molar-refractivity contribution is -0.152. The van der Waals surface area contributed by atoms with E-state index in [-0.39, 0.29) is 12.1 Å². The van der Waals surface area contributed by atoms with Crippen molar-refractivity contribution in [3.05, 3.63) is 69.8 Å². The first-order chi connectivity index (χ1) is 17.6. The Bertz CT molecular complexity index is 1120. The highest BCUT2D eigenvalue weighted by Gasteiger charge is 2.40. The zero-order valence-corrected chi connectivity index (χ0v) is 19.7. The maximum atomic E-state index is 14.4. The summed E-state index contributed by atoms with van der Waals surface area (Å²) in [6.07, 6.45) is -13.2. The van der Waals surface area contributed by atoms with Crippen LogP contribution >= 0.6 is 0 Å². The van der Waals surface area contributed by atoms with Crippen molar-refractivity contribution < 1.29 is 65.8 Å². The molecule has 0 radical (unpaired) electrons. The summed E-state index contributed by atoms with van der Waals surface area (Å²) in [6.45, 7) is 0.162. The summed E-state index contributed by atoms with van der Waals surface area (Å²) < 4.78 is 111. The van der Waals surface area contributed by atoms with Crippen LogP contribution in [0.25, 0.3) is 0 Å². The second kappa shape index (κ2) is 13.1. The molecule has 0 aliphatic carbocycles. The summed E-state index contributed by atoms with van der Waals surface area (Å²) in [5.41, 5.74) is -2.00. The molecule has 0 saturated carbocycles. The van der Waals surface area contributed by atoms with Gasteiger partial charge >= 0.3 is 0 Å². The first-order valence-corrected chi connectivity index (χ1v) is 11.3. The van der Waals surface area contributed by atoms with Gasteiger partial charge in [-0.1, -0.05) is 6.92 Å². The van der Waals surface area contributed by atoms with Crippen LogP contribution in [0.2, 0.25) is 0 Å². The van der Waals surface area contributed by atoms with Crippen LogP contribution in [0.4, 0.5) is 35.1 Å². The standard InChI is InChI=1S/C24H26F8O6/c1-8(2-3-9-12(25)5-14(27)19(31)17(9)29)10(4-11-13(26)6-15(28)20(32)18(11)30)21(35)23(37)24(38)22(36)16(34)7-33/h5-6,8,10,16,21-24,33-38H,2-4,7H2,1H3/t8?,10?,16-,21?,22+,23+,24-/m0/s1. The highest BCUT2D eigenvalue weighted by Crippen LogP contribution is 2.32. The number of aliphatic hydroxyl groups is 6. The molecule has 214 valence electrons. The second-order valence-corrected chi connectivity index (χ2v) is 8.99. The van der Waals surface area contributed by atoms with Crippen LogP contribution in [0, 0.1) is 58.4 Å². The summed E-state index contributed by atoms with van der Waals surface area (Å²) in [6, 6.07) is 0.102. The van der Waals surface area contributed by atoms with Gasteiger partial charge in [0.2, 0.25) is 0 Å². The third-order valence-electron chi connectivity index (χ3n) is 6.51. The molecule has 0 aliphatic heterocycles. The monoisotopic (exact) mass is 562 g/mol. The van der Waals surface area contributed by atoms with Gasteiger partial charge < -0.3 is 30.6 Å². The molecule has 6 N–H and O–H groups in total. The van der Waals surface area contributed by atoms with Crippen molar-refractivity contribution in [1.29, 1.82) is 0 Å². The predicted molar refractivity (Wildman–Crippen MR) is 114 cm³/mol. The highest BCUT2D eigenvalue weighted by atomic mass is 19.2. The van der Waals surface area contributed by atoms with Gasteiger partial charge in [0.1, 0.15) is 36.1 Å². The van der Waals surface area contributed by atoms with E-state index in [0.717, 1.165) is 0 Å². The Morgan fingerprint density at radius 2 is 1.05 bits per heavy atom. The van der Waals surface area contributed by atoms with Gasteiger partial charge in [-0.3, -0.25) is 0 Å². The smallest absolute Gasteiger partial charge is 0.194 e. The van der Waals surface area contributed by atoms with Gasteiger partial charge in [-0.25, -0.2) is 35.1 Å². The topological polar surface area (TPSA) is 121 Å². The minimum Gasteiger partial charge on any atom is -0.394 e. The molecule has 0 aliphatic rings. The molecule has 0 heterocycles. The number of hydrogen-bond donors (Lipinski definition) is 6. The maximum Gasteiger partial charge on any atom is 0.194 e. The van der Waals surface area contributed by atoms with E-state index in [4.69, 9.17) is 5.11 Å². The molecule has 2 aromatic carbocycles. The normalized spacial score (nSPS) is 17.6. The Morgan fingerprint density at radius 3 is 1.55 bits per heavy atom. The van der Waals surface area contributed by atoms with Gasteiger partial charge in [0.15, 0.2) is 34.9 Å². The molecule has 0 bridgehead atoms. The van der Waals surface area contributed by atoms with Crippen LogP contribution in [0.5, 0.6) is 0 Å². The fraction of sp³-hybridized carbons (Fsp3) is 0.500. The summed E-state index contributed by atoms with van der Waals surface area (Å²) in [5.74, 6) is -17.3. The van der Waals surface area contributed by atoms with E-state index in [9.17, 15) is 60.7 Å². The summed E-state index contributed by atoms with van der Waals surface area (Å²) in [7, 11) is 0. The van der Waals surface area contributed by atoms with E-state index in [1.165, 1.54) is 6.92 Å². The third-order valence-corrected chi connectivity index (χ3v) is 6.51. The Labute approximate surface area is 211 Å². The Morgan fingerprint density at radius 1 is 0.605 bits per heavy atom. The molecule has 6 nitrogen and oxygen atoms in total. The Kier molecular flexibility index (Phi) is 11.0. The van der Waals surface area contributed by atoms with Gasteiger partial charge in [-0.2, -0.15) is 0 Å². The lowest BCUT2D eigenvalue weighted by atomic mass is 9.77. The van der Waals surface area contributed by atoms with Crippen molar-refractivity contribution in [1.82, 2.24) is 0 Å². The Balaban J connectivity index is 2.43. The lowest BCUT2D eigenvalue weighted by Crippen LogP contribution is -2.52. The minimum atomic E-state index is -2.37.